The van der Waals surface area contributed by atoms with E-state index in [2.05, 4.69) is 27.7 Å². The summed E-state index contributed by atoms with van der Waals surface area (Å²) in [6.07, 6.45) is 8.61. The number of aliphatic carboxylic acids is 2. The van der Waals surface area contributed by atoms with Gasteiger partial charge in [-0.05, 0) is 49.9 Å². The molecule has 1 aliphatic rings. The molecule has 3 unspecified atom stereocenters. The van der Waals surface area contributed by atoms with Crippen molar-refractivity contribution in [3.8, 4) is 0 Å². The number of rotatable bonds is 9. The molecule has 3 atom stereocenters. The van der Waals surface area contributed by atoms with Crippen LogP contribution >= 0.6 is 0 Å². The van der Waals surface area contributed by atoms with Gasteiger partial charge in [-0.3, -0.25) is 9.59 Å². The van der Waals surface area contributed by atoms with Gasteiger partial charge in [0, 0.05) is 0 Å². The van der Waals surface area contributed by atoms with E-state index >= 15 is 0 Å². The quantitative estimate of drug-likeness (QED) is 0.536. The summed E-state index contributed by atoms with van der Waals surface area (Å²) in [5.41, 5.74) is -2.20. The molecule has 1 aliphatic carbocycles. The summed E-state index contributed by atoms with van der Waals surface area (Å²) >= 11 is 0. The molecule has 0 saturated carbocycles. The molecule has 0 aromatic carbocycles. The molecule has 25 heavy (non-hydrogen) atoms. The third-order valence-electron chi connectivity index (χ3n) is 5.82. The maximum absolute atomic E-state index is 12.4. The van der Waals surface area contributed by atoms with E-state index in [0.29, 0.717) is 31.6 Å². The van der Waals surface area contributed by atoms with Crippen molar-refractivity contribution < 1.29 is 19.8 Å². The Labute approximate surface area is 152 Å². The van der Waals surface area contributed by atoms with E-state index in [1.54, 1.807) is 0 Å². The summed E-state index contributed by atoms with van der Waals surface area (Å²) in [6.45, 7) is 10.7. The Morgan fingerprint density at radius 1 is 1.04 bits per heavy atom. The lowest BCUT2D eigenvalue weighted by atomic mass is 9.53. The predicted molar refractivity (Wildman–Crippen MR) is 101 cm³/mol. The first-order valence-corrected chi connectivity index (χ1v) is 9.62. The van der Waals surface area contributed by atoms with Crippen molar-refractivity contribution in [2.45, 2.75) is 86.0 Å². The van der Waals surface area contributed by atoms with Crippen molar-refractivity contribution in [2.24, 2.45) is 22.2 Å². The SMILES string of the molecule is CCCCC1(C(=O)O)CC=CCC1(CCC(C)CC(C)(C)C)C(=O)O. The number of carbonyl (C=O) groups is 2. The third-order valence-corrected chi connectivity index (χ3v) is 5.82. The fourth-order valence-corrected chi connectivity index (χ4v) is 4.56. The predicted octanol–water partition coefficient (Wildman–Crippen LogP) is 5.52. The molecule has 0 bridgehead atoms. The van der Waals surface area contributed by atoms with Crippen LogP contribution in [0.5, 0.6) is 0 Å². The van der Waals surface area contributed by atoms with E-state index in [0.717, 1.165) is 25.7 Å². The van der Waals surface area contributed by atoms with Crippen LogP contribution in [0.15, 0.2) is 12.2 Å². The second-order valence-electron chi connectivity index (χ2n) is 9.17. The Balaban J connectivity index is 3.15. The number of unbranched alkanes of at least 4 members (excludes halogenated alkanes) is 1. The lowest BCUT2D eigenvalue weighted by Crippen LogP contribution is -2.53. The minimum Gasteiger partial charge on any atom is -0.481 e. The summed E-state index contributed by atoms with van der Waals surface area (Å²) in [4.78, 5) is 24.6. The van der Waals surface area contributed by atoms with Crippen LogP contribution in [0, 0.1) is 22.2 Å². The highest BCUT2D eigenvalue weighted by Gasteiger charge is 2.60. The van der Waals surface area contributed by atoms with Crippen LogP contribution in [0.1, 0.15) is 86.0 Å². The van der Waals surface area contributed by atoms with Crippen molar-refractivity contribution in [3.63, 3.8) is 0 Å². The molecule has 0 amide bonds. The van der Waals surface area contributed by atoms with Crippen LogP contribution in [-0.4, -0.2) is 22.2 Å². The number of allylic oxidation sites excluding steroid dienone is 2. The van der Waals surface area contributed by atoms with Crippen LogP contribution in [0.4, 0.5) is 0 Å². The zero-order valence-electron chi connectivity index (χ0n) is 16.6. The van der Waals surface area contributed by atoms with E-state index in [4.69, 9.17) is 0 Å². The highest BCUT2D eigenvalue weighted by atomic mass is 16.4. The molecule has 0 fully saturated rings. The van der Waals surface area contributed by atoms with Crippen molar-refractivity contribution in [3.05, 3.63) is 12.2 Å². The zero-order chi connectivity index (χ0) is 19.3. The minimum absolute atomic E-state index is 0.189. The summed E-state index contributed by atoms with van der Waals surface area (Å²) in [7, 11) is 0. The number of hydrogen-bond acceptors (Lipinski definition) is 2. The van der Waals surface area contributed by atoms with Gasteiger partial charge in [0.05, 0.1) is 10.8 Å². The summed E-state index contributed by atoms with van der Waals surface area (Å²) < 4.78 is 0. The molecule has 0 radical (unpaired) electrons. The normalized spacial score (nSPS) is 27.9. The topological polar surface area (TPSA) is 74.6 Å². The molecule has 1 rings (SSSR count). The highest BCUT2D eigenvalue weighted by molar-refractivity contribution is 5.87. The lowest BCUT2D eigenvalue weighted by molar-refractivity contribution is -0.177. The lowest BCUT2D eigenvalue weighted by Gasteiger charge is -2.47. The second-order valence-corrected chi connectivity index (χ2v) is 9.17. The van der Waals surface area contributed by atoms with Gasteiger partial charge in [-0.25, -0.2) is 0 Å². The van der Waals surface area contributed by atoms with Crippen molar-refractivity contribution in [2.75, 3.05) is 0 Å². The molecule has 0 aromatic rings. The smallest absolute Gasteiger partial charge is 0.311 e. The molecule has 144 valence electrons. The first-order valence-electron chi connectivity index (χ1n) is 9.62. The largest absolute Gasteiger partial charge is 0.481 e. The van der Waals surface area contributed by atoms with Gasteiger partial charge in [0.2, 0.25) is 0 Å². The van der Waals surface area contributed by atoms with Gasteiger partial charge >= 0.3 is 11.9 Å². The molecule has 0 spiro atoms. The van der Waals surface area contributed by atoms with Crippen molar-refractivity contribution in [1.82, 2.24) is 0 Å². The number of carboxylic acids is 2. The number of hydrogen-bond donors (Lipinski definition) is 2. The van der Waals surface area contributed by atoms with Gasteiger partial charge in [-0.1, -0.05) is 59.6 Å². The molecular weight excluding hydrogens is 316 g/mol. The van der Waals surface area contributed by atoms with Crippen LogP contribution in [0.3, 0.4) is 0 Å². The van der Waals surface area contributed by atoms with Gasteiger partial charge in [-0.15, -0.1) is 0 Å². The monoisotopic (exact) mass is 352 g/mol. The van der Waals surface area contributed by atoms with Gasteiger partial charge in [0.15, 0.2) is 0 Å². The number of carboxylic acid groups (broad SMARTS) is 2. The molecule has 0 aromatic heterocycles. The zero-order valence-corrected chi connectivity index (χ0v) is 16.6. The van der Waals surface area contributed by atoms with Gasteiger partial charge in [-0.2, -0.15) is 0 Å². The average molecular weight is 353 g/mol. The summed E-state index contributed by atoms with van der Waals surface area (Å²) in [5, 5.41) is 20.2. The standard InChI is InChI=1S/C21H36O4/c1-6-7-11-20(17(22)23)12-8-9-13-21(20,18(24)25)14-10-16(2)15-19(3,4)5/h8-9,16H,6-7,10-15H2,1-5H3,(H,22,23)(H,24,25). The third kappa shape index (κ3) is 4.86. The first kappa shape index (κ1) is 21.7. The Kier molecular flexibility index (Phi) is 7.28. The van der Waals surface area contributed by atoms with Crippen LogP contribution in [0.2, 0.25) is 0 Å². The molecule has 0 aliphatic heterocycles. The Bertz CT molecular complexity index is 503. The highest BCUT2D eigenvalue weighted by Crippen LogP contribution is 2.55. The molecule has 4 heteroatoms. The van der Waals surface area contributed by atoms with Crippen molar-refractivity contribution in [1.29, 1.82) is 0 Å². The fourth-order valence-electron chi connectivity index (χ4n) is 4.56. The maximum Gasteiger partial charge on any atom is 0.311 e. The second kappa shape index (κ2) is 8.37. The van der Waals surface area contributed by atoms with E-state index in [1.165, 1.54) is 0 Å². The Hall–Kier alpha value is -1.32. The first-order chi connectivity index (χ1) is 11.5. The van der Waals surface area contributed by atoms with Crippen molar-refractivity contribution >= 4 is 11.9 Å². The van der Waals surface area contributed by atoms with Crippen LogP contribution in [0.25, 0.3) is 0 Å². The molecular formula is C21H36O4. The summed E-state index contributed by atoms with van der Waals surface area (Å²) in [5.74, 6) is -1.52. The van der Waals surface area contributed by atoms with Gasteiger partial charge < -0.3 is 10.2 Å². The Morgan fingerprint density at radius 3 is 1.92 bits per heavy atom. The minimum atomic E-state index is -1.20. The average Bonchev–Trinajstić information content (AvgIpc) is 2.49. The molecule has 0 saturated heterocycles. The molecule has 0 heterocycles. The van der Waals surface area contributed by atoms with E-state index < -0.39 is 22.8 Å². The van der Waals surface area contributed by atoms with Crippen LogP contribution in [-0.2, 0) is 9.59 Å². The fraction of sp³-hybridized carbons (Fsp3) is 0.810. The Morgan fingerprint density at radius 2 is 1.52 bits per heavy atom. The van der Waals surface area contributed by atoms with Gasteiger partial charge in [0.1, 0.15) is 0 Å². The van der Waals surface area contributed by atoms with E-state index in [1.807, 2.05) is 19.1 Å². The van der Waals surface area contributed by atoms with Crippen LogP contribution < -0.4 is 0 Å². The van der Waals surface area contributed by atoms with Gasteiger partial charge in [0.25, 0.3) is 0 Å². The maximum atomic E-state index is 12.4. The molecule has 2 N–H and O–H groups in total. The van der Waals surface area contributed by atoms with E-state index in [-0.39, 0.29) is 5.41 Å². The van der Waals surface area contributed by atoms with E-state index in [9.17, 15) is 19.8 Å². The molecule has 4 nitrogen and oxygen atoms in total. The summed E-state index contributed by atoms with van der Waals surface area (Å²) in [6, 6.07) is 0.